The second kappa shape index (κ2) is 3.55. The lowest BCUT2D eigenvalue weighted by atomic mass is 10.1. The van der Waals surface area contributed by atoms with E-state index in [-0.39, 0.29) is 6.61 Å². The molecule has 80 valence electrons. The summed E-state index contributed by atoms with van der Waals surface area (Å²) in [5, 5.41) is 12.7. The van der Waals surface area contributed by atoms with Crippen LogP contribution in [-0.4, -0.2) is 16.8 Å². The zero-order valence-electron chi connectivity index (χ0n) is 8.73. The van der Waals surface area contributed by atoms with Crippen LogP contribution in [0.2, 0.25) is 0 Å². The Kier molecular flexibility index (Phi) is 2.36. The normalized spacial score (nSPS) is 17.9. The average Bonchev–Trinajstić information content (AvgIpc) is 2.59. The summed E-state index contributed by atoms with van der Waals surface area (Å²) in [6, 6.07) is 7.34. The molecule has 1 aliphatic rings. The number of rotatable bonds is 2. The van der Waals surface area contributed by atoms with Crippen molar-refractivity contribution in [3.8, 4) is 0 Å². The quantitative estimate of drug-likeness (QED) is 0.801. The second-order valence-electron chi connectivity index (χ2n) is 3.84. The van der Waals surface area contributed by atoms with Gasteiger partial charge in [-0.05, 0) is 22.9 Å². The highest BCUT2D eigenvalue weighted by atomic mass is 16.8. The summed E-state index contributed by atoms with van der Waals surface area (Å²) >= 11 is 0. The Bertz CT molecular complexity index is 381. The lowest BCUT2D eigenvalue weighted by Crippen LogP contribution is -2.22. The molecule has 4 nitrogen and oxygen atoms in total. The van der Waals surface area contributed by atoms with Crippen LogP contribution < -0.4 is 0 Å². The van der Waals surface area contributed by atoms with E-state index < -0.39 is 5.79 Å². The fourth-order valence-electron chi connectivity index (χ4n) is 1.29. The number of oxime groups is 1. The average molecular weight is 207 g/mol. The number of nitrogens with zero attached hydrogens (tertiary/aromatic N) is 1. The Morgan fingerprint density at radius 2 is 1.93 bits per heavy atom. The van der Waals surface area contributed by atoms with Crippen LogP contribution in [0.3, 0.4) is 0 Å². The van der Waals surface area contributed by atoms with E-state index in [4.69, 9.17) is 14.7 Å². The molecule has 1 N–H and O–H groups in total. The van der Waals surface area contributed by atoms with Crippen molar-refractivity contribution in [3.05, 3.63) is 35.4 Å². The van der Waals surface area contributed by atoms with Crippen LogP contribution in [-0.2, 0) is 16.2 Å². The summed E-state index contributed by atoms with van der Waals surface area (Å²) in [5.41, 5.74) is 1.70. The van der Waals surface area contributed by atoms with Gasteiger partial charge in [0, 0.05) is 19.4 Å². The Hall–Kier alpha value is -1.55. The van der Waals surface area contributed by atoms with Crippen molar-refractivity contribution in [2.24, 2.45) is 5.16 Å². The maximum Gasteiger partial charge on any atom is 0.271 e. The van der Waals surface area contributed by atoms with Crippen molar-refractivity contribution in [3.63, 3.8) is 0 Å². The minimum atomic E-state index is -0.690. The highest BCUT2D eigenvalue weighted by Gasteiger charge is 2.30. The molecule has 4 heteroatoms. The standard InChI is InChI=1S/C11H13NO3/c1-11(2)14-10(12-15-11)9-5-3-8(7-13)4-6-9/h3-6,13H,7H2,1-2H3. The minimum absolute atomic E-state index is 0.0373. The SMILES string of the molecule is CC1(C)ON=C(c2ccc(CO)cc2)O1. The van der Waals surface area contributed by atoms with Crippen molar-refractivity contribution >= 4 is 5.90 Å². The first-order chi connectivity index (χ1) is 7.11. The molecule has 1 aromatic carbocycles. The number of ether oxygens (including phenoxy) is 1. The number of benzene rings is 1. The van der Waals surface area contributed by atoms with E-state index in [2.05, 4.69) is 5.16 Å². The van der Waals surface area contributed by atoms with Crippen molar-refractivity contribution in [1.82, 2.24) is 0 Å². The van der Waals surface area contributed by atoms with Crippen molar-refractivity contribution in [2.45, 2.75) is 26.2 Å². The van der Waals surface area contributed by atoms with E-state index >= 15 is 0 Å². The van der Waals surface area contributed by atoms with E-state index in [0.717, 1.165) is 11.1 Å². The predicted octanol–water partition coefficient (Wildman–Crippen LogP) is 1.62. The molecular formula is C11H13NO3. The van der Waals surface area contributed by atoms with Gasteiger partial charge < -0.3 is 14.7 Å². The number of aliphatic hydroxyl groups excluding tert-OH is 1. The van der Waals surface area contributed by atoms with Gasteiger partial charge in [0.25, 0.3) is 11.7 Å². The molecule has 1 heterocycles. The number of aliphatic hydroxyl groups is 1. The van der Waals surface area contributed by atoms with Crippen LogP contribution in [0.4, 0.5) is 0 Å². The fourth-order valence-corrected chi connectivity index (χ4v) is 1.29. The molecule has 0 spiro atoms. The topological polar surface area (TPSA) is 51.0 Å². The number of hydrogen-bond donors (Lipinski definition) is 1. The van der Waals surface area contributed by atoms with Crippen LogP contribution in [0.5, 0.6) is 0 Å². The van der Waals surface area contributed by atoms with Gasteiger partial charge in [-0.3, -0.25) is 0 Å². The zero-order chi connectivity index (χ0) is 10.9. The van der Waals surface area contributed by atoms with Gasteiger partial charge in [0.2, 0.25) is 0 Å². The summed E-state index contributed by atoms with van der Waals surface area (Å²) in [5.74, 6) is -0.213. The maximum atomic E-state index is 8.89. The van der Waals surface area contributed by atoms with Crippen LogP contribution >= 0.6 is 0 Å². The van der Waals surface area contributed by atoms with E-state index in [9.17, 15) is 0 Å². The van der Waals surface area contributed by atoms with E-state index in [1.807, 2.05) is 24.3 Å². The molecule has 1 aliphatic heterocycles. The molecular weight excluding hydrogens is 194 g/mol. The summed E-state index contributed by atoms with van der Waals surface area (Å²) in [6.07, 6.45) is 0. The van der Waals surface area contributed by atoms with Gasteiger partial charge in [-0.2, -0.15) is 0 Å². The van der Waals surface area contributed by atoms with Gasteiger partial charge in [-0.25, -0.2) is 0 Å². The van der Waals surface area contributed by atoms with Gasteiger partial charge in [0.15, 0.2) is 0 Å². The van der Waals surface area contributed by atoms with E-state index in [1.54, 1.807) is 13.8 Å². The van der Waals surface area contributed by atoms with Crippen molar-refractivity contribution < 1.29 is 14.7 Å². The molecule has 0 aliphatic carbocycles. The second-order valence-corrected chi connectivity index (χ2v) is 3.84. The molecule has 1 aromatic rings. The van der Waals surface area contributed by atoms with Crippen LogP contribution in [0.25, 0.3) is 0 Å². The largest absolute Gasteiger partial charge is 0.431 e. The lowest BCUT2D eigenvalue weighted by Gasteiger charge is -2.14. The van der Waals surface area contributed by atoms with Gasteiger partial charge in [0.1, 0.15) is 0 Å². The van der Waals surface area contributed by atoms with Crippen LogP contribution in [0.1, 0.15) is 25.0 Å². The van der Waals surface area contributed by atoms with Crippen LogP contribution in [0.15, 0.2) is 29.4 Å². The molecule has 0 aromatic heterocycles. The van der Waals surface area contributed by atoms with Gasteiger partial charge in [0.05, 0.1) is 6.61 Å². The third-order valence-electron chi connectivity index (χ3n) is 2.07. The molecule has 0 bridgehead atoms. The van der Waals surface area contributed by atoms with E-state index in [1.165, 1.54) is 0 Å². The number of hydrogen-bond acceptors (Lipinski definition) is 4. The summed E-state index contributed by atoms with van der Waals surface area (Å²) < 4.78 is 5.47. The highest BCUT2D eigenvalue weighted by Crippen LogP contribution is 2.22. The van der Waals surface area contributed by atoms with Crippen LogP contribution in [0, 0.1) is 0 Å². The Morgan fingerprint density at radius 1 is 1.27 bits per heavy atom. The predicted molar refractivity (Wildman–Crippen MR) is 55.2 cm³/mol. The molecule has 0 radical (unpaired) electrons. The molecule has 2 rings (SSSR count). The monoisotopic (exact) mass is 207 g/mol. The first kappa shape index (κ1) is 9.98. The van der Waals surface area contributed by atoms with Gasteiger partial charge in [-0.15, -0.1) is 0 Å². The first-order valence-corrected chi connectivity index (χ1v) is 4.76. The van der Waals surface area contributed by atoms with Crippen molar-refractivity contribution in [2.75, 3.05) is 0 Å². The third kappa shape index (κ3) is 2.10. The fraction of sp³-hybridized carbons (Fsp3) is 0.364. The minimum Gasteiger partial charge on any atom is -0.431 e. The molecule has 0 saturated carbocycles. The molecule has 0 atom stereocenters. The Labute approximate surface area is 88.1 Å². The maximum absolute atomic E-state index is 8.89. The smallest absolute Gasteiger partial charge is 0.271 e. The van der Waals surface area contributed by atoms with Gasteiger partial charge in [-0.1, -0.05) is 12.1 Å². The molecule has 0 fully saturated rings. The lowest BCUT2D eigenvalue weighted by molar-refractivity contribution is -0.128. The zero-order valence-corrected chi connectivity index (χ0v) is 8.73. The summed E-state index contributed by atoms with van der Waals surface area (Å²) in [4.78, 5) is 5.08. The molecule has 0 amide bonds. The Morgan fingerprint density at radius 3 is 2.40 bits per heavy atom. The van der Waals surface area contributed by atoms with E-state index in [0.29, 0.717) is 5.90 Å². The summed E-state index contributed by atoms with van der Waals surface area (Å²) in [6.45, 7) is 3.63. The Balaban J connectivity index is 2.18. The summed E-state index contributed by atoms with van der Waals surface area (Å²) in [7, 11) is 0. The highest BCUT2D eigenvalue weighted by molar-refractivity contribution is 5.94. The van der Waals surface area contributed by atoms with Crippen molar-refractivity contribution in [1.29, 1.82) is 0 Å². The molecule has 0 unspecified atom stereocenters. The van der Waals surface area contributed by atoms with Gasteiger partial charge >= 0.3 is 0 Å². The first-order valence-electron chi connectivity index (χ1n) is 4.76. The third-order valence-corrected chi connectivity index (χ3v) is 2.07. The molecule has 15 heavy (non-hydrogen) atoms. The molecule has 0 saturated heterocycles.